The fourth-order valence-electron chi connectivity index (χ4n) is 2.37. The summed E-state index contributed by atoms with van der Waals surface area (Å²) in [6, 6.07) is 6.87. The van der Waals surface area contributed by atoms with E-state index < -0.39 is 0 Å². The Labute approximate surface area is 114 Å². The van der Waals surface area contributed by atoms with Crippen molar-refractivity contribution in [1.29, 1.82) is 0 Å². The highest BCUT2D eigenvalue weighted by Gasteiger charge is 2.19. The first-order chi connectivity index (χ1) is 8.72. The fourth-order valence-corrected chi connectivity index (χ4v) is 2.61. The molecule has 1 saturated heterocycles. The molecule has 1 aromatic rings. The average molecular weight is 269 g/mol. The molecule has 100 valence electrons. The number of hydrogen-bond donors (Lipinski definition) is 1. The molecule has 0 aromatic heterocycles. The van der Waals surface area contributed by atoms with Gasteiger partial charge in [-0.3, -0.25) is 0 Å². The lowest BCUT2D eigenvalue weighted by Crippen LogP contribution is -2.36. The minimum atomic E-state index is 0.560. The number of halogens is 1. The van der Waals surface area contributed by atoms with Gasteiger partial charge in [0.15, 0.2) is 0 Å². The Morgan fingerprint density at radius 3 is 2.72 bits per heavy atom. The lowest BCUT2D eigenvalue weighted by molar-refractivity contribution is 0.0855. The summed E-state index contributed by atoms with van der Waals surface area (Å²) in [7, 11) is 4.07. The van der Waals surface area contributed by atoms with Crippen LogP contribution in [0, 0.1) is 0 Å². The number of anilines is 1. The first kappa shape index (κ1) is 13.7. The molecule has 0 radical (unpaired) electrons. The minimum absolute atomic E-state index is 0.560. The van der Waals surface area contributed by atoms with Gasteiger partial charge in [0.2, 0.25) is 0 Å². The molecule has 0 amide bonds. The van der Waals surface area contributed by atoms with Gasteiger partial charge < -0.3 is 15.0 Å². The third kappa shape index (κ3) is 3.16. The van der Waals surface area contributed by atoms with Crippen LogP contribution in [0.15, 0.2) is 18.2 Å². The fraction of sp³-hybridized carbons (Fsp3) is 0.571. The number of nitrogens with zero attached hydrogens (tertiary/aromatic N) is 1. The van der Waals surface area contributed by atoms with E-state index in [9.17, 15) is 0 Å². The Morgan fingerprint density at radius 1 is 1.39 bits per heavy atom. The van der Waals surface area contributed by atoms with E-state index in [1.54, 1.807) is 0 Å². The van der Waals surface area contributed by atoms with E-state index >= 15 is 0 Å². The quantitative estimate of drug-likeness (QED) is 0.909. The second-order valence-corrected chi connectivity index (χ2v) is 5.17. The molecule has 1 aromatic carbocycles. The molecule has 18 heavy (non-hydrogen) atoms. The van der Waals surface area contributed by atoms with Crippen LogP contribution in [0.3, 0.4) is 0 Å². The Kier molecular flexibility index (Phi) is 4.87. The topological polar surface area (TPSA) is 24.5 Å². The van der Waals surface area contributed by atoms with Gasteiger partial charge in [-0.05, 0) is 37.6 Å². The lowest BCUT2D eigenvalue weighted by atomic mass is 10.1. The zero-order valence-electron chi connectivity index (χ0n) is 11.1. The van der Waals surface area contributed by atoms with Gasteiger partial charge in [0.1, 0.15) is 0 Å². The van der Waals surface area contributed by atoms with Gasteiger partial charge in [-0.2, -0.15) is 0 Å². The first-order valence-electron chi connectivity index (χ1n) is 6.46. The largest absolute Gasteiger partial charge is 0.381 e. The molecular weight excluding hydrogens is 248 g/mol. The zero-order chi connectivity index (χ0) is 13.0. The monoisotopic (exact) mass is 268 g/mol. The van der Waals surface area contributed by atoms with Crippen LogP contribution in [-0.4, -0.2) is 33.4 Å². The van der Waals surface area contributed by atoms with Gasteiger partial charge in [-0.1, -0.05) is 17.7 Å². The zero-order valence-corrected chi connectivity index (χ0v) is 11.8. The average Bonchev–Trinajstić information content (AvgIpc) is 2.41. The van der Waals surface area contributed by atoms with Crippen LogP contribution in [0.25, 0.3) is 0 Å². The Hall–Kier alpha value is -0.770. The van der Waals surface area contributed by atoms with Gasteiger partial charge in [-0.25, -0.2) is 0 Å². The second-order valence-electron chi connectivity index (χ2n) is 4.76. The van der Waals surface area contributed by atoms with Crippen molar-refractivity contribution in [3.05, 3.63) is 28.8 Å². The summed E-state index contributed by atoms with van der Waals surface area (Å²) in [5.41, 5.74) is 2.33. The Bertz CT molecular complexity index is 391. The number of benzene rings is 1. The summed E-state index contributed by atoms with van der Waals surface area (Å²) < 4.78 is 5.40. The van der Waals surface area contributed by atoms with Gasteiger partial charge in [-0.15, -0.1) is 0 Å². The summed E-state index contributed by atoms with van der Waals surface area (Å²) in [4.78, 5) is 2.32. The van der Waals surface area contributed by atoms with Crippen molar-refractivity contribution < 1.29 is 4.74 Å². The molecule has 1 aliphatic heterocycles. The number of nitrogens with one attached hydrogen (secondary N) is 1. The highest BCUT2D eigenvalue weighted by atomic mass is 35.5. The van der Waals surface area contributed by atoms with Crippen molar-refractivity contribution in [2.45, 2.75) is 25.4 Å². The molecule has 0 spiro atoms. The van der Waals surface area contributed by atoms with Crippen molar-refractivity contribution in [3.8, 4) is 0 Å². The standard InChI is InChI=1S/C14H21ClN2O/c1-16-10-11-3-4-13(9-14(11)15)17(2)12-5-7-18-8-6-12/h3-4,9,12,16H,5-8,10H2,1-2H3. The molecule has 0 saturated carbocycles. The molecule has 4 heteroatoms. The van der Waals surface area contributed by atoms with Gasteiger partial charge >= 0.3 is 0 Å². The summed E-state index contributed by atoms with van der Waals surface area (Å²) in [5, 5.41) is 3.96. The summed E-state index contributed by atoms with van der Waals surface area (Å²) in [6.45, 7) is 2.53. The highest BCUT2D eigenvalue weighted by Crippen LogP contribution is 2.26. The molecular formula is C14H21ClN2O. The van der Waals surface area contributed by atoms with Crippen LogP contribution in [0.5, 0.6) is 0 Å². The summed E-state index contributed by atoms with van der Waals surface area (Å²) in [5.74, 6) is 0. The molecule has 1 heterocycles. The highest BCUT2D eigenvalue weighted by molar-refractivity contribution is 6.31. The molecule has 0 unspecified atom stereocenters. The number of rotatable bonds is 4. The van der Waals surface area contributed by atoms with E-state index in [-0.39, 0.29) is 0 Å². The second kappa shape index (κ2) is 6.41. The normalized spacial score (nSPS) is 16.8. The molecule has 3 nitrogen and oxygen atoms in total. The smallest absolute Gasteiger partial charge is 0.0485 e. The van der Waals surface area contributed by atoms with E-state index in [0.29, 0.717) is 6.04 Å². The number of hydrogen-bond acceptors (Lipinski definition) is 3. The first-order valence-corrected chi connectivity index (χ1v) is 6.83. The predicted molar refractivity (Wildman–Crippen MR) is 76.5 cm³/mol. The molecule has 1 N–H and O–H groups in total. The van der Waals surface area contributed by atoms with Crippen molar-refractivity contribution in [2.24, 2.45) is 0 Å². The van der Waals surface area contributed by atoms with E-state index in [4.69, 9.17) is 16.3 Å². The van der Waals surface area contributed by atoms with E-state index in [1.807, 2.05) is 7.05 Å². The maximum absolute atomic E-state index is 6.30. The van der Waals surface area contributed by atoms with E-state index in [2.05, 4.69) is 35.5 Å². The van der Waals surface area contributed by atoms with Crippen LogP contribution in [0.2, 0.25) is 5.02 Å². The lowest BCUT2D eigenvalue weighted by Gasteiger charge is -2.33. The van der Waals surface area contributed by atoms with Crippen molar-refractivity contribution >= 4 is 17.3 Å². The van der Waals surface area contributed by atoms with Gasteiger partial charge in [0.05, 0.1) is 0 Å². The molecule has 0 bridgehead atoms. The van der Waals surface area contributed by atoms with Crippen LogP contribution in [0.4, 0.5) is 5.69 Å². The molecule has 2 rings (SSSR count). The van der Waals surface area contributed by atoms with Gasteiger partial charge in [0, 0.05) is 43.6 Å². The minimum Gasteiger partial charge on any atom is -0.381 e. The molecule has 0 atom stereocenters. The molecule has 1 fully saturated rings. The Morgan fingerprint density at radius 2 is 2.11 bits per heavy atom. The van der Waals surface area contributed by atoms with Crippen LogP contribution in [-0.2, 0) is 11.3 Å². The summed E-state index contributed by atoms with van der Waals surface area (Å²) in [6.07, 6.45) is 2.18. The van der Waals surface area contributed by atoms with Gasteiger partial charge in [0.25, 0.3) is 0 Å². The SMILES string of the molecule is CNCc1ccc(N(C)C2CCOCC2)cc1Cl. The van der Waals surface area contributed by atoms with Crippen molar-refractivity contribution in [3.63, 3.8) is 0 Å². The van der Waals surface area contributed by atoms with Crippen molar-refractivity contribution in [1.82, 2.24) is 5.32 Å². The Balaban J connectivity index is 2.10. The van der Waals surface area contributed by atoms with E-state index in [1.165, 1.54) is 5.69 Å². The molecule has 0 aliphatic carbocycles. The third-order valence-electron chi connectivity index (χ3n) is 3.55. The maximum Gasteiger partial charge on any atom is 0.0485 e. The van der Waals surface area contributed by atoms with Crippen LogP contribution in [0.1, 0.15) is 18.4 Å². The van der Waals surface area contributed by atoms with E-state index in [0.717, 1.165) is 43.2 Å². The third-order valence-corrected chi connectivity index (χ3v) is 3.90. The maximum atomic E-state index is 6.30. The summed E-state index contributed by atoms with van der Waals surface area (Å²) >= 11 is 6.30. The van der Waals surface area contributed by atoms with Crippen LogP contribution < -0.4 is 10.2 Å². The molecule has 1 aliphatic rings. The predicted octanol–water partition coefficient (Wildman–Crippen LogP) is 2.67. The van der Waals surface area contributed by atoms with Crippen molar-refractivity contribution in [2.75, 3.05) is 32.2 Å². The number of ether oxygens (including phenoxy) is 1. The van der Waals surface area contributed by atoms with Crippen LogP contribution >= 0.6 is 11.6 Å².